The number of rotatable bonds is 4. The molecule has 0 bridgehead atoms. The number of carbonyl (C=O) groups is 1. The Bertz CT molecular complexity index is 1040. The zero-order valence-corrected chi connectivity index (χ0v) is 13.8. The van der Waals surface area contributed by atoms with E-state index in [0.29, 0.717) is 22.5 Å². The maximum atomic E-state index is 12.5. The molecule has 126 valence electrons. The summed E-state index contributed by atoms with van der Waals surface area (Å²) in [6, 6.07) is 5.09. The van der Waals surface area contributed by atoms with Gasteiger partial charge in [0.05, 0.1) is 23.5 Å². The summed E-state index contributed by atoms with van der Waals surface area (Å²) in [5.74, 6) is 0.258. The number of nitrogen functional groups attached to an aromatic ring is 1. The first-order valence-corrected chi connectivity index (χ1v) is 8.78. The van der Waals surface area contributed by atoms with Crippen LogP contribution in [0.2, 0.25) is 0 Å². The second kappa shape index (κ2) is 5.60. The van der Waals surface area contributed by atoms with Crippen molar-refractivity contribution >= 4 is 38.5 Å². The standard InChI is InChI=1S/C13H15N7O3S/c1-8-16-10-5-9(14)3-4-11(10)20(8)13(21)7-19-15-6-12(17-19)18-24(2,22)23/h3-6H,7,14H2,1-2H3,(H,17,18). The van der Waals surface area contributed by atoms with Crippen molar-refractivity contribution in [3.63, 3.8) is 0 Å². The minimum atomic E-state index is -3.45. The summed E-state index contributed by atoms with van der Waals surface area (Å²) in [6.45, 7) is 1.55. The van der Waals surface area contributed by atoms with Gasteiger partial charge in [-0.2, -0.15) is 9.90 Å². The number of benzene rings is 1. The number of aromatic nitrogens is 5. The van der Waals surface area contributed by atoms with Gasteiger partial charge in [-0.05, 0) is 25.1 Å². The van der Waals surface area contributed by atoms with Gasteiger partial charge < -0.3 is 5.73 Å². The third-order valence-electron chi connectivity index (χ3n) is 3.20. The molecule has 0 amide bonds. The normalized spacial score (nSPS) is 11.8. The van der Waals surface area contributed by atoms with Gasteiger partial charge in [0.2, 0.25) is 10.0 Å². The number of hydrogen-bond donors (Lipinski definition) is 2. The molecular formula is C13H15N7O3S. The first kappa shape index (κ1) is 15.9. The van der Waals surface area contributed by atoms with E-state index in [1.54, 1.807) is 25.1 Å². The average molecular weight is 349 g/mol. The lowest BCUT2D eigenvalue weighted by molar-refractivity contribution is 0.0883. The lowest BCUT2D eigenvalue weighted by Crippen LogP contribution is -2.20. The fourth-order valence-electron chi connectivity index (χ4n) is 2.33. The molecule has 0 saturated heterocycles. The molecule has 0 spiro atoms. The molecule has 0 aliphatic rings. The van der Waals surface area contributed by atoms with Gasteiger partial charge in [0.15, 0.2) is 5.82 Å². The number of nitrogens with zero attached hydrogens (tertiary/aromatic N) is 5. The van der Waals surface area contributed by atoms with Crippen molar-refractivity contribution in [3.8, 4) is 0 Å². The molecule has 0 fully saturated rings. The maximum absolute atomic E-state index is 12.5. The molecular weight excluding hydrogens is 334 g/mol. The first-order chi connectivity index (χ1) is 11.2. The summed E-state index contributed by atoms with van der Waals surface area (Å²) >= 11 is 0. The highest BCUT2D eigenvalue weighted by Crippen LogP contribution is 2.18. The number of nitrogens with two attached hydrogens (primary N) is 1. The summed E-state index contributed by atoms with van der Waals surface area (Å²) in [4.78, 5) is 18.0. The molecule has 0 unspecified atom stereocenters. The van der Waals surface area contributed by atoms with E-state index in [2.05, 4.69) is 19.9 Å². The van der Waals surface area contributed by atoms with E-state index in [1.807, 2.05) is 0 Å². The van der Waals surface area contributed by atoms with Crippen LogP contribution in [0.4, 0.5) is 11.5 Å². The molecule has 11 heteroatoms. The number of sulfonamides is 1. The van der Waals surface area contributed by atoms with Crippen molar-refractivity contribution in [3.05, 3.63) is 30.2 Å². The molecule has 2 aromatic heterocycles. The van der Waals surface area contributed by atoms with Crippen molar-refractivity contribution in [1.82, 2.24) is 24.5 Å². The predicted octanol–water partition coefficient (Wildman–Crippen LogP) is 0.230. The van der Waals surface area contributed by atoms with Crippen LogP contribution in [-0.2, 0) is 16.6 Å². The van der Waals surface area contributed by atoms with Crippen LogP contribution in [0.15, 0.2) is 24.4 Å². The van der Waals surface area contributed by atoms with Crippen LogP contribution < -0.4 is 10.5 Å². The summed E-state index contributed by atoms with van der Waals surface area (Å²) in [5, 5.41) is 7.79. The van der Waals surface area contributed by atoms with Crippen molar-refractivity contribution < 1.29 is 13.2 Å². The first-order valence-electron chi connectivity index (χ1n) is 6.88. The molecule has 1 aromatic carbocycles. The van der Waals surface area contributed by atoms with E-state index in [0.717, 1.165) is 11.1 Å². The Hall–Kier alpha value is -2.95. The number of anilines is 2. The van der Waals surface area contributed by atoms with Crippen LogP contribution in [0.5, 0.6) is 0 Å². The van der Waals surface area contributed by atoms with Crippen LogP contribution in [0.1, 0.15) is 10.6 Å². The quantitative estimate of drug-likeness (QED) is 0.643. The molecule has 2 heterocycles. The molecule has 0 aliphatic heterocycles. The molecule has 0 aliphatic carbocycles. The van der Waals surface area contributed by atoms with Gasteiger partial charge in [-0.3, -0.25) is 14.1 Å². The van der Waals surface area contributed by atoms with E-state index in [4.69, 9.17) is 5.73 Å². The predicted molar refractivity (Wildman–Crippen MR) is 88.0 cm³/mol. The van der Waals surface area contributed by atoms with Crippen LogP contribution in [0.3, 0.4) is 0 Å². The lowest BCUT2D eigenvalue weighted by Gasteiger charge is -2.05. The highest BCUT2D eigenvalue weighted by molar-refractivity contribution is 7.92. The van der Waals surface area contributed by atoms with Crippen LogP contribution in [-0.4, -0.2) is 45.1 Å². The van der Waals surface area contributed by atoms with Gasteiger partial charge in [-0.25, -0.2) is 13.4 Å². The Balaban J connectivity index is 1.87. The Kier molecular flexibility index (Phi) is 3.72. The topological polar surface area (TPSA) is 138 Å². The smallest absolute Gasteiger partial charge is 0.256 e. The van der Waals surface area contributed by atoms with Gasteiger partial charge >= 0.3 is 0 Å². The van der Waals surface area contributed by atoms with E-state index in [-0.39, 0.29) is 18.3 Å². The van der Waals surface area contributed by atoms with Gasteiger partial charge in [0.25, 0.3) is 5.91 Å². The zero-order valence-electron chi connectivity index (χ0n) is 13.0. The van der Waals surface area contributed by atoms with Gasteiger partial charge in [-0.15, -0.1) is 5.10 Å². The number of nitrogens with one attached hydrogen (secondary N) is 1. The van der Waals surface area contributed by atoms with Crippen LogP contribution in [0.25, 0.3) is 11.0 Å². The van der Waals surface area contributed by atoms with Crippen LogP contribution >= 0.6 is 0 Å². The SMILES string of the molecule is Cc1nc2cc(N)ccc2n1C(=O)Cn1ncc(NS(C)(=O)=O)n1. The summed E-state index contributed by atoms with van der Waals surface area (Å²) in [5.41, 5.74) is 7.53. The molecule has 0 saturated carbocycles. The van der Waals surface area contributed by atoms with Crippen LogP contribution in [0, 0.1) is 6.92 Å². The Morgan fingerprint density at radius 2 is 2.12 bits per heavy atom. The van der Waals surface area contributed by atoms with Gasteiger partial charge in [0, 0.05) is 5.69 Å². The number of fused-ring (bicyclic) bond motifs is 1. The Morgan fingerprint density at radius 3 is 2.83 bits per heavy atom. The Labute approximate surface area is 137 Å². The van der Waals surface area contributed by atoms with Crippen molar-refractivity contribution in [1.29, 1.82) is 0 Å². The highest BCUT2D eigenvalue weighted by Gasteiger charge is 2.16. The summed E-state index contributed by atoms with van der Waals surface area (Å²) in [7, 11) is -3.45. The number of carbonyl (C=O) groups excluding carboxylic acids is 1. The van der Waals surface area contributed by atoms with Crippen molar-refractivity contribution in [2.24, 2.45) is 0 Å². The fourth-order valence-corrected chi connectivity index (χ4v) is 2.81. The highest BCUT2D eigenvalue weighted by atomic mass is 32.2. The van der Waals surface area contributed by atoms with Crippen molar-refractivity contribution in [2.75, 3.05) is 16.7 Å². The van der Waals surface area contributed by atoms with Crippen molar-refractivity contribution in [2.45, 2.75) is 13.5 Å². The molecule has 3 aromatic rings. The number of aryl methyl sites for hydroxylation is 1. The zero-order chi connectivity index (χ0) is 17.5. The van der Waals surface area contributed by atoms with E-state index < -0.39 is 10.0 Å². The lowest BCUT2D eigenvalue weighted by atomic mass is 10.3. The minimum Gasteiger partial charge on any atom is -0.399 e. The summed E-state index contributed by atoms with van der Waals surface area (Å²) < 4.78 is 26.0. The number of hydrogen-bond acceptors (Lipinski definition) is 7. The molecule has 10 nitrogen and oxygen atoms in total. The van der Waals surface area contributed by atoms with E-state index >= 15 is 0 Å². The second-order valence-corrected chi connectivity index (χ2v) is 7.02. The molecule has 0 atom stereocenters. The second-order valence-electron chi connectivity index (χ2n) is 5.27. The molecule has 24 heavy (non-hydrogen) atoms. The van der Waals surface area contributed by atoms with E-state index in [1.165, 1.54) is 10.8 Å². The fraction of sp³-hybridized carbons (Fsp3) is 0.231. The van der Waals surface area contributed by atoms with E-state index in [9.17, 15) is 13.2 Å². The average Bonchev–Trinajstić information content (AvgIpc) is 2.99. The molecule has 0 radical (unpaired) electrons. The van der Waals surface area contributed by atoms with Gasteiger partial charge in [0.1, 0.15) is 12.4 Å². The summed E-state index contributed by atoms with van der Waals surface area (Å²) in [6.07, 6.45) is 2.23. The van der Waals surface area contributed by atoms with Gasteiger partial charge in [-0.1, -0.05) is 0 Å². The monoisotopic (exact) mass is 349 g/mol. The minimum absolute atomic E-state index is 0.0466. The molecule has 3 rings (SSSR count). The third kappa shape index (κ3) is 3.20. The Morgan fingerprint density at radius 1 is 1.38 bits per heavy atom. The molecule has 3 N–H and O–H groups in total. The number of imidazole rings is 1. The largest absolute Gasteiger partial charge is 0.399 e. The third-order valence-corrected chi connectivity index (χ3v) is 3.78. The maximum Gasteiger partial charge on any atom is 0.256 e.